The lowest BCUT2D eigenvalue weighted by Crippen LogP contribution is -2.24. The van der Waals surface area contributed by atoms with Gasteiger partial charge in [-0.1, -0.05) is 25.7 Å². The standard InChI is InChI=1S/C9H17NO2/c11-9-10-7-5-3-1-2-4-6-8-12-10/h9H,1-8H2. The number of amides is 1. The van der Waals surface area contributed by atoms with E-state index in [1.54, 1.807) is 0 Å². The molecular formula is C9H17NO2. The Morgan fingerprint density at radius 3 is 2.42 bits per heavy atom. The van der Waals surface area contributed by atoms with Crippen LogP contribution in [-0.4, -0.2) is 24.6 Å². The second kappa shape index (κ2) is 6.00. The zero-order valence-corrected chi connectivity index (χ0v) is 7.50. The third-order valence-electron chi connectivity index (χ3n) is 2.15. The number of rotatable bonds is 1. The minimum Gasteiger partial charge on any atom is -0.276 e. The summed E-state index contributed by atoms with van der Waals surface area (Å²) < 4.78 is 0. The van der Waals surface area contributed by atoms with Gasteiger partial charge in [-0.2, -0.15) is 0 Å². The molecule has 0 aromatic heterocycles. The lowest BCUT2D eigenvalue weighted by Gasteiger charge is -2.17. The topological polar surface area (TPSA) is 29.5 Å². The number of hydrogen-bond acceptors (Lipinski definition) is 2. The van der Waals surface area contributed by atoms with E-state index in [2.05, 4.69) is 0 Å². The van der Waals surface area contributed by atoms with Crippen LogP contribution in [0.4, 0.5) is 0 Å². The molecule has 0 aromatic carbocycles. The van der Waals surface area contributed by atoms with Gasteiger partial charge in [-0.3, -0.25) is 9.63 Å². The van der Waals surface area contributed by atoms with Crippen molar-refractivity contribution in [2.45, 2.75) is 38.5 Å². The molecule has 0 aliphatic carbocycles. The van der Waals surface area contributed by atoms with Crippen LogP contribution in [0.3, 0.4) is 0 Å². The molecule has 1 aliphatic rings. The minimum absolute atomic E-state index is 0.693. The summed E-state index contributed by atoms with van der Waals surface area (Å²) in [5.74, 6) is 0. The maximum atomic E-state index is 10.4. The second-order valence-corrected chi connectivity index (χ2v) is 3.20. The molecule has 0 aromatic rings. The SMILES string of the molecule is O=CN1CCCCCCCCO1. The van der Waals surface area contributed by atoms with Gasteiger partial charge in [0.15, 0.2) is 0 Å². The molecule has 0 atom stereocenters. The van der Waals surface area contributed by atoms with Gasteiger partial charge < -0.3 is 0 Å². The Kier molecular flexibility index (Phi) is 4.76. The van der Waals surface area contributed by atoms with E-state index in [1.165, 1.54) is 30.7 Å². The van der Waals surface area contributed by atoms with E-state index >= 15 is 0 Å². The number of hydroxylamine groups is 2. The minimum atomic E-state index is 0.693. The summed E-state index contributed by atoms with van der Waals surface area (Å²) in [6.07, 6.45) is 7.97. The molecule has 0 radical (unpaired) electrons. The first-order valence-corrected chi connectivity index (χ1v) is 4.78. The summed E-state index contributed by atoms with van der Waals surface area (Å²) in [6, 6.07) is 0. The van der Waals surface area contributed by atoms with Crippen molar-refractivity contribution in [3.8, 4) is 0 Å². The molecule has 70 valence electrons. The molecule has 1 fully saturated rings. The Hall–Kier alpha value is -0.570. The second-order valence-electron chi connectivity index (χ2n) is 3.20. The van der Waals surface area contributed by atoms with E-state index in [4.69, 9.17) is 4.84 Å². The summed E-state index contributed by atoms with van der Waals surface area (Å²) >= 11 is 0. The zero-order chi connectivity index (χ0) is 8.65. The van der Waals surface area contributed by atoms with Crippen LogP contribution in [0.2, 0.25) is 0 Å². The van der Waals surface area contributed by atoms with Gasteiger partial charge in [-0.25, -0.2) is 5.06 Å². The van der Waals surface area contributed by atoms with Gasteiger partial charge in [0.1, 0.15) is 0 Å². The van der Waals surface area contributed by atoms with Crippen LogP contribution in [-0.2, 0) is 9.63 Å². The van der Waals surface area contributed by atoms with Gasteiger partial charge in [0.2, 0.25) is 6.41 Å². The highest BCUT2D eigenvalue weighted by molar-refractivity contribution is 5.44. The molecule has 0 unspecified atom stereocenters. The average Bonchev–Trinajstić information content (AvgIpc) is 2.14. The molecule has 3 heteroatoms. The highest BCUT2D eigenvalue weighted by Crippen LogP contribution is 2.08. The molecule has 1 heterocycles. The molecule has 12 heavy (non-hydrogen) atoms. The van der Waals surface area contributed by atoms with Crippen LogP contribution in [0.5, 0.6) is 0 Å². The monoisotopic (exact) mass is 171 g/mol. The van der Waals surface area contributed by atoms with Gasteiger partial charge in [-0.05, 0) is 12.8 Å². The summed E-state index contributed by atoms with van der Waals surface area (Å²) in [5.41, 5.74) is 0. The maximum Gasteiger partial charge on any atom is 0.233 e. The van der Waals surface area contributed by atoms with Gasteiger partial charge >= 0.3 is 0 Å². The largest absolute Gasteiger partial charge is 0.276 e. The van der Waals surface area contributed by atoms with Crippen molar-refractivity contribution in [3.05, 3.63) is 0 Å². The van der Waals surface area contributed by atoms with E-state index in [-0.39, 0.29) is 0 Å². The lowest BCUT2D eigenvalue weighted by molar-refractivity contribution is -0.173. The zero-order valence-electron chi connectivity index (χ0n) is 7.50. The average molecular weight is 171 g/mol. The van der Waals surface area contributed by atoms with Crippen LogP contribution in [0, 0.1) is 0 Å². The summed E-state index contributed by atoms with van der Waals surface area (Å²) in [7, 11) is 0. The van der Waals surface area contributed by atoms with Crippen molar-refractivity contribution in [1.82, 2.24) is 5.06 Å². The molecular weight excluding hydrogens is 154 g/mol. The number of hydrogen-bond donors (Lipinski definition) is 0. The van der Waals surface area contributed by atoms with Crippen molar-refractivity contribution in [3.63, 3.8) is 0 Å². The molecule has 1 rings (SSSR count). The van der Waals surface area contributed by atoms with E-state index in [1.807, 2.05) is 0 Å². The normalized spacial score (nSPS) is 21.8. The predicted molar refractivity (Wildman–Crippen MR) is 46.4 cm³/mol. The summed E-state index contributed by atoms with van der Waals surface area (Å²) in [6.45, 7) is 1.45. The van der Waals surface area contributed by atoms with E-state index in [9.17, 15) is 4.79 Å². The summed E-state index contributed by atoms with van der Waals surface area (Å²) in [5, 5.41) is 1.42. The highest BCUT2D eigenvalue weighted by Gasteiger charge is 2.03. The van der Waals surface area contributed by atoms with E-state index < -0.39 is 0 Å². The van der Waals surface area contributed by atoms with Crippen LogP contribution in [0.15, 0.2) is 0 Å². The van der Waals surface area contributed by atoms with Crippen molar-refractivity contribution in [2.75, 3.05) is 13.2 Å². The maximum absolute atomic E-state index is 10.4. The molecule has 3 nitrogen and oxygen atoms in total. The Morgan fingerprint density at radius 2 is 1.67 bits per heavy atom. The van der Waals surface area contributed by atoms with Crippen molar-refractivity contribution in [2.24, 2.45) is 0 Å². The van der Waals surface area contributed by atoms with E-state index in [0.717, 1.165) is 25.8 Å². The van der Waals surface area contributed by atoms with Crippen molar-refractivity contribution < 1.29 is 9.63 Å². The first kappa shape index (κ1) is 9.52. The Balaban J connectivity index is 2.21. The first-order valence-electron chi connectivity index (χ1n) is 4.78. The van der Waals surface area contributed by atoms with Gasteiger partial charge in [-0.15, -0.1) is 0 Å². The Bertz CT molecular complexity index is 118. The lowest BCUT2D eigenvalue weighted by atomic mass is 10.1. The number of carbonyl (C=O) groups is 1. The fraction of sp³-hybridized carbons (Fsp3) is 0.889. The molecule has 0 N–H and O–H groups in total. The third-order valence-corrected chi connectivity index (χ3v) is 2.15. The first-order chi connectivity index (χ1) is 5.93. The molecule has 1 saturated heterocycles. The molecule has 0 saturated carbocycles. The molecule has 0 bridgehead atoms. The van der Waals surface area contributed by atoms with Crippen LogP contribution in [0.1, 0.15) is 38.5 Å². The fourth-order valence-corrected chi connectivity index (χ4v) is 1.41. The highest BCUT2D eigenvalue weighted by atomic mass is 16.7. The van der Waals surface area contributed by atoms with Gasteiger partial charge in [0.05, 0.1) is 6.61 Å². The molecule has 1 amide bonds. The van der Waals surface area contributed by atoms with Gasteiger partial charge in [0.25, 0.3) is 0 Å². The van der Waals surface area contributed by atoms with Crippen molar-refractivity contribution in [1.29, 1.82) is 0 Å². The third kappa shape index (κ3) is 3.72. The quantitative estimate of drug-likeness (QED) is 0.562. The summed E-state index contributed by atoms with van der Waals surface area (Å²) in [4.78, 5) is 15.7. The van der Waals surface area contributed by atoms with Crippen LogP contribution in [0.25, 0.3) is 0 Å². The predicted octanol–water partition coefficient (Wildman–Crippen LogP) is 1.73. The van der Waals surface area contributed by atoms with Crippen molar-refractivity contribution >= 4 is 6.41 Å². The Morgan fingerprint density at radius 1 is 1.00 bits per heavy atom. The fourth-order valence-electron chi connectivity index (χ4n) is 1.41. The number of carbonyl (C=O) groups excluding carboxylic acids is 1. The molecule has 1 aliphatic heterocycles. The van der Waals surface area contributed by atoms with Gasteiger partial charge in [0, 0.05) is 6.54 Å². The number of nitrogens with zero attached hydrogens (tertiary/aromatic N) is 1. The smallest absolute Gasteiger partial charge is 0.233 e. The Labute approximate surface area is 73.6 Å². The van der Waals surface area contributed by atoms with Crippen LogP contribution >= 0.6 is 0 Å². The van der Waals surface area contributed by atoms with E-state index in [0.29, 0.717) is 6.61 Å². The molecule has 0 spiro atoms. The van der Waals surface area contributed by atoms with Crippen LogP contribution < -0.4 is 0 Å².